The van der Waals surface area contributed by atoms with Gasteiger partial charge >= 0.3 is 5.69 Å². The highest BCUT2D eigenvalue weighted by Gasteiger charge is 2.21. The van der Waals surface area contributed by atoms with Gasteiger partial charge in [-0.1, -0.05) is 12.1 Å². The fraction of sp³-hybridized carbons (Fsp3) is 0.0769. The molecule has 0 amide bonds. The molecular weight excluding hydrogens is 270 g/mol. The average Bonchev–Trinajstić information content (AvgIpc) is 2.36. The summed E-state index contributed by atoms with van der Waals surface area (Å²) in [6.45, 7) is 0.129. The topological polar surface area (TPSA) is 75.4 Å². The van der Waals surface area contributed by atoms with Crippen LogP contribution in [0.15, 0.2) is 36.4 Å². The molecule has 0 radical (unpaired) electrons. The number of phenolic OH excluding ortho intramolecular Hbond substituents is 1. The summed E-state index contributed by atoms with van der Waals surface area (Å²) in [5.74, 6) is -2.05. The Morgan fingerprint density at radius 3 is 2.45 bits per heavy atom. The normalized spacial score (nSPS) is 10.3. The zero-order valence-corrected chi connectivity index (χ0v) is 10.1. The van der Waals surface area contributed by atoms with E-state index in [4.69, 9.17) is 5.11 Å². The van der Waals surface area contributed by atoms with E-state index in [0.717, 1.165) is 6.07 Å². The molecule has 0 bridgehead atoms. The van der Waals surface area contributed by atoms with Gasteiger partial charge in [-0.3, -0.25) is 10.1 Å². The highest BCUT2D eigenvalue weighted by atomic mass is 19.1. The molecule has 0 heterocycles. The number of anilines is 1. The van der Waals surface area contributed by atoms with Crippen molar-refractivity contribution in [2.24, 2.45) is 0 Å². The molecule has 0 aliphatic heterocycles. The largest absolute Gasteiger partial charge is 0.508 e. The Bertz CT molecular complexity index is 645. The molecule has 0 spiro atoms. The van der Waals surface area contributed by atoms with Crippen molar-refractivity contribution in [1.29, 1.82) is 0 Å². The van der Waals surface area contributed by atoms with Gasteiger partial charge in [0.15, 0.2) is 0 Å². The summed E-state index contributed by atoms with van der Waals surface area (Å²) in [5, 5.41) is 22.5. The average molecular weight is 280 g/mol. The molecule has 0 aliphatic rings. The minimum absolute atomic E-state index is 0.0801. The summed E-state index contributed by atoms with van der Waals surface area (Å²) in [4.78, 5) is 9.87. The maximum atomic E-state index is 13.4. The van der Waals surface area contributed by atoms with Crippen LogP contribution in [0.25, 0.3) is 0 Å². The second-order valence-corrected chi connectivity index (χ2v) is 4.06. The molecule has 2 N–H and O–H groups in total. The van der Waals surface area contributed by atoms with Gasteiger partial charge in [0.05, 0.1) is 4.92 Å². The summed E-state index contributed by atoms with van der Waals surface area (Å²) < 4.78 is 26.5. The highest BCUT2D eigenvalue weighted by Crippen LogP contribution is 2.29. The van der Waals surface area contributed by atoms with Crippen LogP contribution in [0, 0.1) is 21.7 Å². The Hall–Kier alpha value is -2.70. The highest BCUT2D eigenvalue weighted by molar-refractivity contribution is 5.62. The Morgan fingerprint density at radius 2 is 1.85 bits per heavy atom. The lowest BCUT2D eigenvalue weighted by molar-refractivity contribution is -0.386. The molecule has 0 saturated heterocycles. The van der Waals surface area contributed by atoms with Crippen LogP contribution in [-0.2, 0) is 6.54 Å². The maximum absolute atomic E-state index is 13.4. The number of nitrogens with one attached hydrogen (secondary N) is 1. The molecule has 2 aromatic rings. The van der Waals surface area contributed by atoms with Crippen LogP contribution in [-0.4, -0.2) is 10.0 Å². The standard InChI is InChI=1S/C13H10F2N2O3/c14-9-5-11(15)13(17(19)20)12(6-9)16-7-8-1-3-10(18)4-2-8/h1-6,16,18H,7H2. The third-order valence-electron chi connectivity index (χ3n) is 2.63. The van der Waals surface area contributed by atoms with Crippen LogP contribution < -0.4 is 5.32 Å². The fourth-order valence-corrected chi connectivity index (χ4v) is 1.70. The van der Waals surface area contributed by atoms with Crippen molar-refractivity contribution in [3.8, 4) is 5.75 Å². The summed E-state index contributed by atoms with van der Waals surface area (Å²) in [6, 6.07) is 7.38. The second kappa shape index (κ2) is 5.52. The molecule has 104 valence electrons. The van der Waals surface area contributed by atoms with Crippen molar-refractivity contribution in [1.82, 2.24) is 0 Å². The molecule has 7 heteroatoms. The van der Waals surface area contributed by atoms with Crippen LogP contribution in [0.4, 0.5) is 20.2 Å². The summed E-state index contributed by atoms with van der Waals surface area (Å²) >= 11 is 0. The van der Waals surface area contributed by atoms with E-state index in [9.17, 15) is 18.9 Å². The number of nitro benzene ring substituents is 1. The molecule has 5 nitrogen and oxygen atoms in total. The number of rotatable bonds is 4. The van der Waals surface area contributed by atoms with E-state index in [0.29, 0.717) is 11.6 Å². The number of hydrogen-bond acceptors (Lipinski definition) is 4. The SMILES string of the molecule is O=[N+]([O-])c1c(F)cc(F)cc1NCc1ccc(O)cc1. The number of hydrogen-bond donors (Lipinski definition) is 2. The van der Waals surface area contributed by atoms with Crippen molar-refractivity contribution >= 4 is 11.4 Å². The van der Waals surface area contributed by atoms with Gasteiger partial charge in [-0.15, -0.1) is 0 Å². The van der Waals surface area contributed by atoms with Gasteiger partial charge in [0, 0.05) is 18.7 Å². The minimum atomic E-state index is -1.23. The Labute approximate surface area is 112 Å². The number of nitrogens with zero attached hydrogens (tertiary/aromatic N) is 1. The van der Waals surface area contributed by atoms with Crippen molar-refractivity contribution in [2.45, 2.75) is 6.54 Å². The summed E-state index contributed by atoms with van der Waals surface area (Å²) in [7, 11) is 0. The van der Waals surface area contributed by atoms with E-state index in [-0.39, 0.29) is 18.0 Å². The third-order valence-corrected chi connectivity index (χ3v) is 2.63. The molecule has 2 aromatic carbocycles. The Balaban J connectivity index is 2.24. The van der Waals surface area contributed by atoms with Crippen LogP contribution >= 0.6 is 0 Å². The van der Waals surface area contributed by atoms with Gasteiger partial charge in [-0.2, -0.15) is 4.39 Å². The van der Waals surface area contributed by atoms with E-state index < -0.39 is 22.2 Å². The molecule has 0 atom stereocenters. The van der Waals surface area contributed by atoms with Crippen LogP contribution in [0.3, 0.4) is 0 Å². The lowest BCUT2D eigenvalue weighted by atomic mass is 10.2. The van der Waals surface area contributed by atoms with Crippen molar-refractivity contribution in [2.75, 3.05) is 5.32 Å². The van der Waals surface area contributed by atoms with Gasteiger partial charge in [0.2, 0.25) is 5.82 Å². The second-order valence-electron chi connectivity index (χ2n) is 4.06. The first kappa shape index (κ1) is 13.7. The zero-order valence-electron chi connectivity index (χ0n) is 10.1. The van der Waals surface area contributed by atoms with Gasteiger partial charge in [0.1, 0.15) is 17.3 Å². The molecule has 0 fully saturated rings. The summed E-state index contributed by atoms with van der Waals surface area (Å²) in [5.41, 5.74) is -0.340. The molecule has 0 unspecified atom stereocenters. The molecule has 2 rings (SSSR count). The predicted molar refractivity (Wildman–Crippen MR) is 68.4 cm³/mol. The van der Waals surface area contributed by atoms with Gasteiger partial charge < -0.3 is 10.4 Å². The fourth-order valence-electron chi connectivity index (χ4n) is 1.70. The predicted octanol–water partition coefficient (Wildman–Crippen LogP) is 3.19. The van der Waals surface area contributed by atoms with Crippen molar-refractivity contribution in [3.63, 3.8) is 0 Å². The van der Waals surface area contributed by atoms with Gasteiger partial charge in [-0.25, -0.2) is 4.39 Å². The van der Waals surface area contributed by atoms with Crippen LogP contribution in [0.2, 0.25) is 0 Å². The zero-order chi connectivity index (χ0) is 14.7. The van der Waals surface area contributed by atoms with E-state index in [1.165, 1.54) is 12.1 Å². The summed E-state index contributed by atoms with van der Waals surface area (Å²) in [6.07, 6.45) is 0. The molecule has 0 saturated carbocycles. The molecule has 20 heavy (non-hydrogen) atoms. The number of nitro groups is 1. The van der Waals surface area contributed by atoms with Crippen LogP contribution in [0.5, 0.6) is 5.75 Å². The van der Waals surface area contributed by atoms with E-state index in [1.807, 2.05) is 0 Å². The third kappa shape index (κ3) is 3.00. The molecule has 0 aliphatic carbocycles. The first-order chi connectivity index (χ1) is 9.47. The number of phenols is 1. The van der Waals surface area contributed by atoms with E-state index >= 15 is 0 Å². The van der Waals surface area contributed by atoms with E-state index in [2.05, 4.69) is 5.32 Å². The van der Waals surface area contributed by atoms with Crippen LogP contribution in [0.1, 0.15) is 5.56 Å². The van der Waals surface area contributed by atoms with Gasteiger partial charge in [0.25, 0.3) is 0 Å². The maximum Gasteiger partial charge on any atom is 0.327 e. The smallest absolute Gasteiger partial charge is 0.327 e. The first-order valence-corrected chi connectivity index (χ1v) is 5.62. The monoisotopic (exact) mass is 280 g/mol. The quantitative estimate of drug-likeness (QED) is 0.666. The molecule has 0 aromatic heterocycles. The minimum Gasteiger partial charge on any atom is -0.508 e. The Morgan fingerprint density at radius 1 is 1.20 bits per heavy atom. The van der Waals surface area contributed by atoms with Crippen molar-refractivity contribution < 1.29 is 18.8 Å². The first-order valence-electron chi connectivity index (χ1n) is 5.62. The lowest BCUT2D eigenvalue weighted by Crippen LogP contribution is -2.05. The number of aromatic hydroxyl groups is 1. The lowest BCUT2D eigenvalue weighted by Gasteiger charge is -2.08. The number of halogens is 2. The van der Waals surface area contributed by atoms with Gasteiger partial charge in [-0.05, 0) is 17.7 Å². The molecular formula is C13H10F2N2O3. The number of benzene rings is 2. The Kier molecular flexibility index (Phi) is 3.79. The van der Waals surface area contributed by atoms with E-state index in [1.54, 1.807) is 12.1 Å². The van der Waals surface area contributed by atoms with Crippen molar-refractivity contribution in [3.05, 3.63) is 63.7 Å².